The summed E-state index contributed by atoms with van der Waals surface area (Å²) in [5, 5.41) is 6.55. The minimum Gasteiger partial charge on any atom is -0.423 e. The van der Waals surface area contributed by atoms with E-state index in [-0.39, 0.29) is 0 Å². The van der Waals surface area contributed by atoms with Gasteiger partial charge in [-0.3, -0.25) is 0 Å². The molecule has 0 amide bonds. The van der Waals surface area contributed by atoms with Gasteiger partial charge in [-0.2, -0.15) is 4.98 Å². The van der Waals surface area contributed by atoms with Crippen LogP contribution in [0.15, 0.2) is 59.0 Å². The first kappa shape index (κ1) is 13.1. The zero-order chi connectivity index (χ0) is 14.8. The van der Waals surface area contributed by atoms with Crippen molar-refractivity contribution in [2.75, 3.05) is 18.4 Å². The Morgan fingerprint density at radius 2 is 1.91 bits per heavy atom. The van der Waals surface area contributed by atoms with Crippen molar-refractivity contribution in [2.24, 2.45) is 0 Å². The molecule has 1 aliphatic heterocycles. The van der Waals surface area contributed by atoms with E-state index in [4.69, 9.17) is 4.42 Å². The molecule has 1 aliphatic rings. The van der Waals surface area contributed by atoms with Crippen LogP contribution in [0.2, 0.25) is 0 Å². The Kier molecular flexibility index (Phi) is 3.37. The molecule has 2 N–H and O–H groups in total. The molecular formula is C18H17N3O. The van der Waals surface area contributed by atoms with Gasteiger partial charge in [-0.1, -0.05) is 30.3 Å². The first-order valence-corrected chi connectivity index (χ1v) is 7.51. The fraction of sp³-hybridized carbons (Fsp3) is 0.167. The Hall–Kier alpha value is -2.59. The van der Waals surface area contributed by atoms with Crippen molar-refractivity contribution < 1.29 is 4.42 Å². The fourth-order valence-corrected chi connectivity index (χ4v) is 2.70. The Morgan fingerprint density at radius 3 is 2.68 bits per heavy atom. The zero-order valence-electron chi connectivity index (χ0n) is 12.2. The summed E-state index contributed by atoms with van der Waals surface area (Å²) in [6.45, 7) is 2.01. The van der Waals surface area contributed by atoms with Gasteiger partial charge in [-0.25, -0.2) is 0 Å². The van der Waals surface area contributed by atoms with Crippen LogP contribution in [-0.4, -0.2) is 18.1 Å². The minimum atomic E-state index is 0.523. The van der Waals surface area contributed by atoms with Crippen molar-refractivity contribution >= 4 is 28.4 Å². The lowest BCUT2D eigenvalue weighted by molar-refractivity contribution is 0.623. The van der Waals surface area contributed by atoms with Gasteiger partial charge >= 0.3 is 0 Å². The number of aromatic nitrogens is 1. The molecule has 4 heteroatoms. The van der Waals surface area contributed by atoms with E-state index in [1.54, 1.807) is 0 Å². The van der Waals surface area contributed by atoms with Gasteiger partial charge in [0.05, 0.1) is 0 Å². The summed E-state index contributed by atoms with van der Waals surface area (Å²) in [7, 11) is 0. The average Bonchev–Trinajstić information content (AvgIpc) is 2.98. The van der Waals surface area contributed by atoms with Crippen molar-refractivity contribution in [1.82, 2.24) is 10.3 Å². The molecule has 0 fully saturated rings. The van der Waals surface area contributed by atoms with E-state index in [2.05, 4.69) is 46.0 Å². The van der Waals surface area contributed by atoms with Crippen LogP contribution in [-0.2, 0) is 0 Å². The van der Waals surface area contributed by atoms with E-state index >= 15 is 0 Å². The van der Waals surface area contributed by atoms with E-state index in [0.717, 1.165) is 36.3 Å². The van der Waals surface area contributed by atoms with Crippen molar-refractivity contribution in [2.45, 2.75) is 6.42 Å². The third kappa shape index (κ3) is 2.61. The molecule has 0 saturated heterocycles. The Bertz CT molecular complexity index is 785. The third-order valence-corrected chi connectivity index (χ3v) is 3.86. The van der Waals surface area contributed by atoms with Gasteiger partial charge in [0.1, 0.15) is 5.52 Å². The number of hydrogen-bond donors (Lipinski definition) is 2. The van der Waals surface area contributed by atoms with Crippen LogP contribution < -0.4 is 10.6 Å². The van der Waals surface area contributed by atoms with Crippen molar-refractivity contribution in [3.8, 4) is 0 Å². The summed E-state index contributed by atoms with van der Waals surface area (Å²) in [4.78, 5) is 4.42. The molecule has 110 valence electrons. The molecule has 0 spiro atoms. The Labute approximate surface area is 128 Å². The molecule has 0 atom stereocenters. The number of nitrogens with one attached hydrogen (secondary N) is 2. The number of rotatable bonds is 3. The molecule has 22 heavy (non-hydrogen) atoms. The molecule has 0 aliphatic carbocycles. The van der Waals surface area contributed by atoms with Crippen LogP contribution in [0.3, 0.4) is 0 Å². The minimum absolute atomic E-state index is 0.523. The van der Waals surface area contributed by atoms with Gasteiger partial charge < -0.3 is 15.1 Å². The fourth-order valence-electron chi connectivity index (χ4n) is 2.70. The number of fused-ring (bicyclic) bond motifs is 1. The topological polar surface area (TPSA) is 50.1 Å². The van der Waals surface area contributed by atoms with Crippen molar-refractivity contribution in [3.05, 3.63) is 60.2 Å². The lowest BCUT2D eigenvalue weighted by Gasteiger charge is -2.14. The van der Waals surface area contributed by atoms with Gasteiger partial charge in [0.15, 0.2) is 5.58 Å². The molecule has 0 saturated carbocycles. The second-order valence-corrected chi connectivity index (χ2v) is 5.37. The first-order chi connectivity index (χ1) is 10.9. The van der Waals surface area contributed by atoms with Crippen LogP contribution in [0.25, 0.3) is 16.7 Å². The Balaban J connectivity index is 1.54. The predicted molar refractivity (Wildman–Crippen MR) is 89.2 cm³/mol. The Morgan fingerprint density at radius 1 is 1.05 bits per heavy atom. The van der Waals surface area contributed by atoms with E-state index in [1.165, 1.54) is 11.1 Å². The quantitative estimate of drug-likeness (QED) is 0.767. The summed E-state index contributed by atoms with van der Waals surface area (Å²) < 4.78 is 5.68. The maximum Gasteiger partial charge on any atom is 0.300 e. The number of benzene rings is 2. The second-order valence-electron chi connectivity index (χ2n) is 5.37. The molecule has 0 radical (unpaired) electrons. The average molecular weight is 291 g/mol. The third-order valence-electron chi connectivity index (χ3n) is 3.86. The largest absolute Gasteiger partial charge is 0.423 e. The van der Waals surface area contributed by atoms with Crippen LogP contribution >= 0.6 is 0 Å². The number of anilines is 2. The van der Waals surface area contributed by atoms with Gasteiger partial charge in [-0.15, -0.1) is 0 Å². The van der Waals surface area contributed by atoms with Crippen LogP contribution in [0.1, 0.15) is 12.0 Å². The van der Waals surface area contributed by atoms with E-state index in [0.29, 0.717) is 6.01 Å². The molecule has 4 rings (SSSR count). The zero-order valence-corrected chi connectivity index (χ0v) is 12.2. The highest BCUT2D eigenvalue weighted by Gasteiger charge is 2.07. The molecule has 4 nitrogen and oxygen atoms in total. The summed E-state index contributed by atoms with van der Waals surface area (Å²) in [6.07, 6.45) is 3.34. The number of para-hydroxylation sites is 2. The van der Waals surface area contributed by atoms with Gasteiger partial charge in [0.2, 0.25) is 0 Å². The first-order valence-electron chi connectivity index (χ1n) is 7.51. The molecule has 0 bridgehead atoms. The monoisotopic (exact) mass is 291 g/mol. The highest BCUT2D eigenvalue weighted by molar-refractivity contribution is 5.75. The van der Waals surface area contributed by atoms with Gasteiger partial charge in [0, 0.05) is 12.2 Å². The van der Waals surface area contributed by atoms with Crippen LogP contribution in [0, 0.1) is 0 Å². The molecule has 2 aromatic carbocycles. The smallest absolute Gasteiger partial charge is 0.300 e. The van der Waals surface area contributed by atoms with E-state index in [9.17, 15) is 0 Å². The normalized spacial score (nSPS) is 14.8. The van der Waals surface area contributed by atoms with E-state index < -0.39 is 0 Å². The summed E-state index contributed by atoms with van der Waals surface area (Å²) in [5.41, 5.74) is 5.32. The summed E-state index contributed by atoms with van der Waals surface area (Å²) >= 11 is 0. The lowest BCUT2D eigenvalue weighted by atomic mass is 10.0. The summed E-state index contributed by atoms with van der Waals surface area (Å²) in [5.74, 6) is 0. The molecule has 3 aromatic rings. The number of oxazole rings is 1. The molecular weight excluding hydrogens is 274 g/mol. The maximum absolute atomic E-state index is 5.68. The lowest BCUT2D eigenvalue weighted by Crippen LogP contribution is -2.19. The molecule has 1 aromatic heterocycles. The number of hydrogen-bond acceptors (Lipinski definition) is 4. The molecule has 2 heterocycles. The van der Waals surface area contributed by atoms with Crippen LogP contribution in [0.4, 0.5) is 11.7 Å². The highest BCUT2D eigenvalue weighted by Crippen LogP contribution is 2.24. The summed E-state index contributed by atoms with van der Waals surface area (Å²) in [6, 6.07) is 16.7. The van der Waals surface area contributed by atoms with Crippen molar-refractivity contribution in [1.29, 1.82) is 0 Å². The maximum atomic E-state index is 5.68. The second kappa shape index (κ2) is 5.66. The van der Waals surface area contributed by atoms with E-state index in [1.807, 2.05) is 24.3 Å². The highest BCUT2D eigenvalue weighted by atomic mass is 16.4. The molecule has 0 unspecified atom stereocenters. The number of nitrogens with zero attached hydrogens (tertiary/aromatic N) is 1. The van der Waals surface area contributed by atoms with Crippen LogP contribution in [0.5, 0.6) is 0 Å². The van der Waals surface area contributed by atoms with Crippen molar-refractivity contribution in [3.63, 3.8) is 0 Å². The standard InChI is InChI=1S/C18H17N3O/c1-2-4-17-16(3-1)21-18(22-17)20-15-7-5-13(6-8-15)14-9-11-19-12-10-14/h1-9,19H,10-12H2,(H,20,21). The SMILES string of the molecule is C1=C(c2ccc(Nc3nc4ccccc4o3)cc2)CCNC1. The van der Waals surface area contributed by atoms with Gasteiger partial charge in [0.25, 0.3) is 6.01 Å². The predicted octanol–water partition coefficient (Wildman–Crippen LogP) is 3.95. The van der Waals surface area contributed by atoms with Gasteiger partial charge in [-0.05, 0) is 48.4 Å².